The van der Waals surface area contributed by atoms with Gasteiger partial charge in [-0.3, -0.25) is 4.79 Å². The first-order valence-electron chi connectivity index (χ1n) is 11.1. The van der Waals surface area contributed by atoms with E-state index in [-0.39, 0.29) is 23.4 Å². The number of amides is 1. The number of hydrogen-bond acceptors (Lipinski definition) is 5. The minimum atomic E-state index is -3.69. The predicted octanol–water partition coefficient (Wildman–Crippen LogP) is 4.16. The Labute approximate surface area is 200 Å². The van der Waals surface area contributed by atoms with Crippen molar-refractivity contribution in [1.82, 2.24) is 4.72 Å². The largest absolute Gasteiger partial charge is 0.497 e. The summed E-state index contributed by atoms with van der Waals surface area (Å²) in [4.78, 5) is 15.2. The Kier molecular flexibility index (Phi) is 6.90. The first-order valence-corrected chi connectivity index (χ1v) is 12.6. The molecule has 0 spiro atoms. The summed E-state index contributed by atoms with van der Waals surface area (Å²) in [5.74, 6) is 1.21. The number of methoxy groups -OCH3 is 1. The van der Waals surface area contributed by atoms with Crippen LogP contribution in [-0.2, 0) is 23.0 Å². The Hall–Kier alpha value is -3.36. The van der Waals surface area contributed by atoms with Crippen LogP contribution in [0.4, 0.5) is 5.69 Å². The van der Waals surface area contributed by atoms with Crippen molar-refractivity contribution in [3.8, 4) is 11.5 Å². The second-order valence-corrected chi connectivity index (χ2v) is 9.92. The Bertz CT molecular complexity index is 1270. The van der Waals surface area contributed by atoms with Gasteiger partial charge in [-0.15, -0.1) is 0 Å². The van der Waals surface area contributed by atoms with E-state index in [4.69, 9.17) is 9.47 Å². The molecule has 1 N–H and O–H groups in total. The zero-order chi connectivity index (χ0) is 24.3. The zero-order valence-electron chi connectivity index (χ0n) is 19.4. The summed E-state index contributed by atoms with van der Waals surface area (Å²) in [6.45, 7) is 4.51. The van der Waals surface area contributed by atoms with Crippen molar-refractivity contribution in [1.29, 1.82) is 0 Å². The first kappa shape index (κ1) is 23.8. The number of nitrogens with one attached hydrogen (secondary N) is 1. The predicted molar refractivity (Wildman–Crippen MR) is 131 cm³/mol. The minimum Gasteiger partial charge on any atom is -0.497 e. The standard InChI is InChI=1S/C26H28N2O5S/c1-4-33-23-11-13-24(14-12-23)34(30,31)27-17-19-5-6-21-15-18(2)28(25(21)16-19)26(29)20-7-9-22(32-3)10-8-20/h5-14,16,18,27H,4,15,17H2,1-3H3. The van der Waals surface area contributed by atoms with Gasteiger partial charge in [0.2, 0.25) is 10.0 Å². The minimum absolute atomic E-state index is 0.000368. The molecule has 0 aliphatic carbocycles. The van der Waals surface area contributed by atoms with E-state index in [0.717, 1.165) is 23.2 Å². The molecule has 178 valence electrons. The molecule has 1 amide bonds. The molecule has 4 rings (SSSR count). The fourth-order valence-electron chi connectivity index (χ4n) is 4.09. The number of anilines is 1. The molecule has 0 aromatic heterocycles. The molecule has 1 aliphatic rings. The Morgan fingerprint density at radius 2 is 1.71 bits per heavy atom. The van der Waals surface area contributed by atoms with Crippen molar-refractivity contribution in [2.45, 2.75) is 37.8 Å². The van der Waals surface area contributed by atoms with E-state index in [1.807, 2.05) is 32.0 Å². The van der Waals surface area contributed by atoms with Crippen molar-refractivity contribution < 1.29 is 22.7 Å². The molecule has 0 saturated carbocycles. The monoisotopic (exact) mass is 480 g/mol. The molecule has 1 atom stereocenters. The van der Waals surface area contributed by atoms with Crippen LogP contribution in [0.25, 0.3) is 0 Å². The molecule has 3 aromatic rings. The van der Waals surface area contributed by atoms with Gasteiger partial charge in [-0.05, 0) is 86.0 Å². The smallest absolute Gasteiger partial charge is 0.258 e. The number of fused-ring (bicyclic) bond motifs is 1. The van der Waals surface area contributed by atoms with Crippen molar-refractivity contribution in [3.63, 3.8) is 0 Å². The molecule has 1 heterocycles. The summed E-state index contributed by atoms with van der Waals surface area (Å²) < 4.78 is 38.7. The highest BCUT2D eigenvalue weighted by Crippen LogP contribution is 2.34. The molecule has 0 bridgehead atoms. The van der Waals surface area contributed by atoms with Crippen LogP contribution in [0.5, 0.6) is 11.5 Å². The quantitative estimate of drug-likeness (QED) is 0.523. The van der Waals surface area contributed by atoms with Crippen molar-refractivity contribution >= 4 is 21.6 Å². The molecule has 0 radical (unpaired) electrons. The van der Waals surface area contributed by atoms with Crippen LogP contribution in [0.15, 0.2) is 71.6 Å². The molecule has 1 aliphatic heterocycles. The molecule has 8 heteroatoms. The van der Waals surface area contributed by atoms with Gasteiger partial charge >= 0.3 is 0 Å². The number of carbonyl (C=O) groups excluding carboxylic acids is 1. The average Bonchev–Trinajstić information content (AvgIpc) is 3.18. The molecule has 0 saturated heterocycles. The maximum absolute atomic E-state index is 13.3. The highest BCUT2D eigenvalue weighted by molar-refractivity contribution is 7.89. The lowest BCUT2D eigenvalue weighted by atomic mass is 10.1. The van der Waals surface area contributed by atoms with Gasteiger partial charge in [0.05, 0.1) is 18.6 Å². The lowest BCUT2D eigenvalue weighted by Crippen LogP contribution is -2.35. The maximum atomic E-state index is 13.3. The van der Waals surface area contributed by atoms with E-state index in [1.165, 1.54) is 12.1 Å². The zero-order valence-corrected chi connectivity index (χ0v) is 20.3. The number of carbonyl (C=O) groups is 1. The summed E-state index contributed by atoms with van der Waals surface area (Å²) in [5, 5.41) is 0. The van der Waals surface area contributed by atoms with Gasteiger partial charge in [-0.25, -0.2) is 13.1 Å². The van der Waals surface area contributed by atoms with E-state index >= 15 is 0 Å². The second-order valence-electron chi connectivity index (χ2n) is 8.15. The number of nitrogens with zero attached hydrogens (tertiary/aromatic N) is 1. The third kappa shape index (κ3) is 4.93. The lowest BCUT2D eigenvalue weighted by Gasteiger charge is -2.23. The molecule has 0 fully saturated rings. The second kappa shape index (κ2) is 9.87. The summed E-state index contributed by atoms with van der Waals surface area (Å²) in [6, 6.07) is 19.1. The van der Waals surface area contributed by atoms with Crippen LogP contribution in [-0.4, -0.2) is 34.1 Å². The number of sulfonamides is 1. The van der Waals surface area contributed by atoms with Crippen LogP contribution in [0, 0.1) is 0 Å². The van der Waals surface area contributed by atoms with Crippen LogP contribution < -0.4 is 19.1 Å². The molecule has 3 aromatic carbocycles. The molecule has 7 nitrogen and oxygen atoms in total. The SMILES string of the molecule is CCOc1ccc(S(=O)(=O)NCc2ccc3c(c2)N(C(=O)c2ccc(OC)cc2)C(C)C3)cc1. The first-order chi connectivity index (χ1) is 16.3. The summed E-state index contributed by atoms with van der Waals surface area (Å²) >= 11 is 0. The van der Waals surface area contributed by atoms with E-state index in [9.17, 15) is 13.2 Å². The van der Waals surface area contributed by atoms with Crippen LogP contribution in [0.1, 0.15) is 35.3 Å². The molecule has 1 unspecified atom stereocenters. The van der Waals surface area contributed by atoms with Gasteiger partial charge in [0.25, 0.3) is 5.91 Å². The maximum Gasteiger partial charge on any atom is 0.258 e. The van der Waals surface area contributed by atoms with Gasteiger partial charge in [0.15, 0.2) is 0 Å². The third-order valence-corrected chi connectivity index (χ3v) is 7.25. The van der Waals surface area contributed by atoms with E-state index in [0.29, 0.717) is 23.7 Å². The van der Waals surface area contributed by atoms with Gasteiger partial charge in [0.1, 0.15) is 11.5 Å². The van der Waals surface area contributed by atoms with Gasteiger partial charge < -0.3 is 14.4 Å². The van der Waals surface area contributed by atoms with Crippen LogP contribution in [0.3, 0.4) is 0 Å². The van der Waals surface area contributed by atoms with E-state index in [1.54, 1.807) is 48.4 Å². The van der Waals surface area contributed by atoms with Crippen molar-refractivity contribution in [3.05, 3.63) is 83.4 Å². The number of ether oxygens (including phenoxy) is 2. The highest BCUT2D eigenvalue weighted by Gasteiger charge is 2.31. The summed E-state index contributed by atoms with van der Waals surface area (Å²) in [5.41, 5.74) is 3.22. The summed E-state index contributed by atoms with van der Waals surface area (Å²) in [6.07, 6.45) is 0.745. The fourth-order valence-corrected chi connectivity index (χ4v) is 5.11. The summed E-state index contributed by atoms with van der Waals surface area (Å²) in [7, 11) is -2.11. The van der Waals surface area contributed by atoms with Gasteiger partial charge in [-0.1, -0.05) is 12.1 Å². The Morgan fingerprint density at radius 1 is 1.03 bits per heavy atom. The molecular formula is C26H28N2O5S. The van der Waals surface area contributed by atoms with E-state index in [2.05, 4.69) is 4.72 Å². The van der Waals surface area contributed by atoms with Gasteiger partial charge in [0, 0.05) is 23.8 Å². The van der Waals surface area contributed by atoms with Crippen molar-refractivity contribution in [2.24, 2.45) is 0 Å². The number of benzene rings is 3. The number of rotatable bonds is 8. The molecule has 34 heavy (non-hydrogen) atoms. The topological polar surface area (TPSA) is 84.9 Å². The van der Waals surface area contributed by atoms with Crippen LogP contribution in [0.2, 0.25) is 0 Å². The Morgan fingerprint density at radius 3 is 2.35 bits per heavy atom. The van der Waals surface area contributed by atoms with Crippen LogP contribution >= 0.6 is 0 Å². The van der Waals surface area contributed by atoms with Gasteiger partial charge in [-0.2, -0.15) is 0 Å². The van der Waals surface area contributed by atoms with Crippen molar-refractivity contribution in [2.75, 3.05) is 18.6 Å². The Balaban J connectivity index is 1.51. The highest BCUT2D eigenvalue weighted by atomic mass is 32.2. The third-order valence-electron chi connectivity index (χ3n) is 5.83. The number of hydrogen-bond donors (Lipinski definition) is 1. The normalized spacial score (nSPS) is 15.1. The fraction of sp³-hybridized carbons (Fsp3) is 0.269. The molecular weight excluding hydrogens is 452 g/mol. The lowest BCUT2D eigenvalue weighted by molar-refractivity contribution is 0.0981. The average molecular weight is 481 g/mol. The van der Waals surface area contributed by atoms with E-state index < -0.39 is 10.0 Å².